The maximum absolute atomic E-state index is 12.0. The lowest BCUT2D eigenvalue weighted by Crippen LogP contribution is -2.24. The van der Waals surface area contributed by atoms with Crippen LogP contribution in [0.4, 0.5) is 5.69 Å². The highest BCUT2D eigenvalue weighted by atomic mass is 35.5. The second-order valence-electron chi connectivity index (χ2n) is 4.50. The second kappa shape index (κ2) is 5.92. The maximum atomic E-state index is 12.0. The number of amides is 1. The third-order valence-corrected chi connectivity index (χ3v) is 3.40. The van der Waals surface area contributed by atoms with Crippen molar-refractivity contribution in [2.24, 2.45) is 7.05 Å². The van der Waals surface area contributed by atoms with Crippen molar-refractivity contribution in [2.45, 2.75) is 13.5 Å². The van der Waals surface area contributed by atoms with Crippen LogP contribution >= 0.6 is 11.6 Å². The fourth-order valence-electron chi connectivity index (χ4n) is 1.90. The van der Waals surface area contributed by atoms with Crippen molar-refractivity contribution in [1.29, 1.82) is 0 Å². The van der Waals surface area contributed by atoms with Crippen molar-refractivity contribution in [1.82, 2.24) is 15.1 Å². The largest absolute Gasteiger partial charge is 0.346 e. The first-order valence-corrected chi connectivity index (χ1v) is 6.47. The number of halogens is 1. The summed E-state index contributed by atoms with van der Waals surface area (Å²) in [5.41, 5.74) is 1.47. The van der Waals surface area contributed by atoms with E-state index in [1.807, 2.05) is 0 Å². The molecule has 110 valence electrons. The number of nitrogens with one attached hydrogen (secondary N) is 1. The summed E-state index contributed by atoms with van der Waals surface area (Å²) in [6.45, 7) is 1.82. The van der Waals surface area contributed by atoms with E-state index in [0.717, 1.165) is 0 Å². The lowest BCUT2D eigenvalue weighted by atomic mass is 10.1. The van der Waals surface area contributed by atoms with Crippen LogP contribution in [0.25, 0.3) is 0 Å². The van der Waals surface area contributed by atoms with Gasteiger partial charge in [-0.15, -0.1) is 0 Å². The summed E-state index contributed by atoms with van der Waals surface area (Å²) in [4.78, 5) is 22.3. The fourth-order valence-corrected chi connectivity index (χ4v) is 2.14. The van der Waals surface area contributed by atoms with Gasteiger partial charge in [-0.25, -0.2) is 0 Å². The van der Waals surface area contributed by atoms with Gasteiger partial charge in [-0.1, -0.05) is 11.6 Å². The van der Waals surface area contributed by atoms with E-state index in [1.54, 1.807) is 18.7 Å². The molecule has 0 bridgehead atoms. The highest BCUT2D eigenvalue weighted by Gasteiger charge is 2.14. The van der Waals surface area contributed by atoms with Gasteiger partial charge in [0.1, 0.15) is 0 Å². The molecule has 1 aromatic carbocycles. The number of hydrogen-bond donors (Lipinski definition) is 1. The third kappa shape index (κ3) is 3.19. The monoisotopic (exact) mass is 308 g/mol. The van der Waals surface area contributed by atoms with Gasteiger partial charge in [0.2, 0.25) is 0 Å². The molecule has 0 atom stereocenters. The van der Waals surface area contributed by atoms with E-state index in [2.05, 4.69) is 10.4 Å². The Hall–Kier alpha value is -2.41. The summed E-state index contributed by atoms with van der Waals surface area (Å²) in [5.74, 6) is -0.328. The van der Waals surface area contributed by atoms with Gasteiger partial charge in [0.05, 0.1) is 28.4 Å². The van der Waals surface area contributed by atoms with Crippen molar-refractivity contribution in [3.05, 3.63) is 56.4 Å². The number of aryl methyl sites for hydroxylation is 2. The van der Waals surface area contributed by atoms with Crippen LogP contribution < -0.4 is 5.32 Å². The molecule has 0 unspecified atom stereocenters. The molecule has 1 heterocycles. The molecule has 8 heteroatoms. The molecule has 1 amide bonds. The predicted octanol–water partition coefficient (Wildman–Crippen LogP) is 2.22. The first-order valence-electron chi connectivity index (χ1n) is 6.09. The minimum Gasteiger partial charge on any atom is -0.346 e. The molecule has 7 nitrogen and oxygen atoms in total. The SMILES string of the molecule is Cc1cc(C(=O)NCc2c(Cl)cnn2C)ccc1[N+](=O)[O-]. The Bertz CT molecular complexity index is 692. The van der Waals surface area contributed by atoms with Crippen LogP contribution in [0.1, 0.15) is 21.6 Å². The number of nitro benzene ring substituents is 1. The zero-order valence-electron chi connectivity index (χ0n) is 11.5. The molecule has 0 fully saturated rings. The van der Waals surface area contributed by atoms with E-state index in [9.17, 15) is 14.9 Å². The van der Waals surface area contributed by atoms with Crippen LogP contribution in [-0.4, -0.2) is 20.6 Å². The van der Waals surface area contributed by atoms with Crippen LogP contribution in [-0.2, 0) is 13.6 Å². The molecule has 2 aromatic rings. The number of rotatable bonds is 4. The van der Waals surface area contributed by atoms with Gasteiger partial charge in [0.15, 0.2) is 0 Å². The number of nitrogens with zero attached hydrogens (tertiary/aromatic N) is 3. The zero-order valence-corrected chi connectivity index (χ0v) is 12.2. The lowest BCUT2D eigenvalue weighted by Gasteiger charge is -2.07. The van der Waals surface area contributed by atoms with Gasteiger partial charge in [-0.05, 0) is 19.1 Å². The summed E-state index contributed by atoms with van der Waals surface area (Å²) in [6.07, 6.45) is 1.50. The van der Waals surface area contributed by atoms with Gasteiger partial charge < -0.3 is 5.32 Å². The van der Waals surface area contributed by atoms with Gasteiger partial charge in [-0.3, -0.25) is 19.6 Å². The molecule has 1 N–H and O–H groups in total. The number of hydrogen-bond acceptors (Lipinski definition) is 4. The van der Waals surface area contributed by atoms with E-state index >= 15 is 0 Å². The van der Waals surface area contributed by atoms with Crippen LogP contribution in [0.5, 0.6) is 0 Å². The summed E-state index contributed by atoms with van der Waals surface area (Å²) in [5, 5.41) is 17.9. The Labute approximate surface area is 125 Å². The van der Waals surface area contributed by atoms with E-state index in [0.29, 0.717) is 21.8 Å². The Morgan fingerprint density at radius 1 is 1.52 bits per heavy atom. The third-order valence-electron chi connectivity index (χ3n) is 3.08. The van der Waals surface area contributed by atoms with E-state index in [-0.39, 0.29) is 18.1 Å². The summed E-state index contributed by atoms with van der Waals surface area (Å²) >= 11 is 5.95. The van der Waals surface area contributed by atoms with Crippen molar-refractivity contribution >= 4 is 23.2 Å². The first-order chi connectivity index (χ1) is 9.90. The minimum absolute atomic E-state index is 0.0128. The molecule has 0 saturated carbocycles. The van der Waals surface area contributed by atoms with Crippen molar-refractivity contribution in [3.63, 3.8) is 0 Å². The predicted molar refractivity (Wildman–Crippen MR) is 77.2 cm³/mol. The molecule has 0 spiro atoms. The zero-order chi connectivity index (χ0) is 15.6. The van der Waals surface area contributed by atoms with Crippen LogP contribution in [0.3, 0.4) is 0 Å². The Balaban J connectivity index is 2.11. The molecule has 1 aromatic heterocycles. The lowest BCUT2D eigenvalue weighted by molar-refractivity contribution is -0.385. The maximum Gasteiger partial charge on any atom is 0.272 e. The highest BCUT2D eigenvalue weighted by molar-refractivity contribution is 6.31. The van der Waals surface area contributed by atoms with Crippen molar-refractivity contribution in [3.8, 4) is 0 Å². The summed E-state index contributed by atoms with van der Waals surface area (Å²) in [6, 6.07) is 4.23. The topological polar surface area (TPSA) is 90.1 Å². The average Bonchev–Trinajstić information content (AvgIpc) is 2.75. The highest BCUT2D eigenvalue weighted by Crippen LogP contribution is 2.19. The number of aromatic nitrogens is 2. The van der Waals surface area contributed by atoms with Crippen molar-refractivity contribution in [2.75, 3.05) is 0 Å². The molecule has 0 aliphatic carbocycles. The van der Waals surface area contributed by atoms with E-state index < -0.39 is 4.92 Å². The summed E-state index contributed by atoms with van der Waals surface area (Å²) < 4.78 is 1.57. The number of carbonyl (C=O) groups excluding carboxylic acids is 1. The van der Waals surface area contributed by atoms with Crippen LogP contribution in [0, 0.1) is 17.0 Å². The standard InChI is InChI=1S/C13H13ClN4O3/c1-8-5-9(3-4-11(8)18(20)21)13(19)15-7-12-10(14)6-16-17(12)2/h3-6H,7H2,1-2H3,(H,15,19). The second-order valence-corrected chi connectivity index (χ2v) is 4.91. The van der Waals surface area contributed by atoms with Crippen LogP contribution in [0.15, 0.2) is 24.4 Å². The normalized spacial score (nSPS) is 10.4. The first kappa shape index (κ1) is 15.0. The van der Waals surface area contributed by atoms with E-state index in [1.165, 1.54) is 24.4 Å². The van der Waals surface area contributed by atoms with Gasteiger partial charge in [0.25, 0.3) is 11.6 Å². The number of carbonyl (C=O) groups is 1. The summed E-state index contributed by atoms with van der Waals surface area (Å²) in [7, 11) is 1.73. The van der Waals surface area contributed by atoms with Gasteiger partial charge >= 0.3 is 0 Å². The minimum atomic E-state index is -0.480. The Kier molecular flexibility index (Phi) is 4.23. The van der Waals surface area contributed by atoms with E-state index in [4.69, 9.17) is 11.6 Å². The molecule has 0 aliphatic rings. The average molecular weight is 309 g/mol. The molecule has 21 heavy (non-hydrogen) atoms. The Morgan fingerprint density at radius 3 is 2.76 bits per heavy atom. The van der Waals surface area contributed by atoms with Crippen molar-refractivity contribution < 1.29 is 9.72 Å². The number of benzene rings is 1. The molecule has 0 radical (unpaired) electrons. The molecular formula is C13H13ClN4O3. The smallest absolute Gasteiger partial charge is 0.272 e. The number of nitro groups is 1. The quantitative estimate of drug-likeness (QED) is 0.692. The molecule has 0 aliphatic heterocycles. The molecular weight excluding hydrogens is 296 g/mol. The van der Waals surface area contributed by atoms with Crippen LogP contribution in [0.2, 0.25) is 5.02 Å². The Morgan fingerprint density at radius 2 is 2.24 bits per heavy atom. The van der Waals surface area contributed by atoms with Gasteiger partial charge in [0, 0.05) is 24.2 Å². The fraction of sp³-hybridized carbons (Fsp3) is 0.231. The molecule has 0 saturated heterocycles. The molecule has 2 rings (SSSR count). The van der Waals surface area contributed by atoms with Gasteiger partial charge in [-0.2, -0.15) is 5.10 Å².